The molecule has 0 aromatic heterocycles. The third-order valence-corrected chi connectivity index (χ3v) is 3.66. The summed E-state index contributed by atoms with van der Waals surface area (Å²) in [4.78, 5) is 0. The number of hydrogen-bond acceptors (Lipinski definition) is 1. The maximum absolute atomic E-state index is 13.2. The minimum absolute atomic E-state index is 0.204. The molecule has 1 nitrogen and oxygen atoms in total. The molecule has 2 rings (SSSR count). The van der Waals surface area contributed by atoms with E-state index in [1.165, 1.54) is 6.07 Å². The zero-order valence-corrected chi connectivity index (χ0v) is 12.6. The number of benzene rings is 2. The normalized spacial score (nSPS) is 10.8. The molecule has 2 aromatic rings. The Labute approximate surface area is 124 Å². The molecule has 0 aliphatic heterocycles. The molecule has 0 heterocycles. The van der Waals surface area contributed by atoms with Crippen molar-refractivity contribution in [1.29, 1.82) is 0 Å². The maximum Gasteiger partial charge on any atom is 0.123 e. The van der Waals surface area contributed by atoms with E-state index in [0.717, 1.165) is 46.8 Å². The fraction of sp³-hybridized carbons (Fsp3) is 0.294. The molecule has 0 radical (unpaired) electrons. The molecule has 1 N–H and O–H groups in total. The third-order valence-electron chi connectivity index (χ3n) is 3.29. The van der Waals surface area contributed by atoms with E-state index in [9.17, 15) is 4.39 Å². The van der Waals surface area contributed by atoms with Gasteiger partial charge in [0.05, 0.1) is 0 Å². The van der Waals surface area contributed by atoms with Crippen LogP contribution in [-0.2, 0) is 6.54 Å². The highest BCUT2D eigenvalue weighted by Gasteiger charge is 2.07. The predicted octanol–water partition coefficient (Wildman–Crippen LogP) is 4.95. The van der Waals surface area contributed by atoms with Gasteiger partial charge in [-0.1, -0.05) is 30.7 Å². The lowest BCUT2D eigenvalue weighted by atomic mass is 9.98. The van der Waals surface area contributed by atoms with Crippen molar-refractivity contribution in [3.8, 4) is 11.1 Å². The summed E-state index contributed by atoms with van der Waals surface area (Å²) in [6.07, 6.45) is 1.09. The molecule has 0 unspecified atom stereocenters. The zero-order valence-electron chi connectivity index (χ0n) is 11.8. The standard InChI is InChI=1S/C17H19ClFN/c1-3-8-20-11-14-10-13(4-7-17(14)18)16-6-5-15(19)9-12(16)2/h4-7,9-10,20H,3,8,11H2,1-2H3. The van der Waals surface area contributed by atoms with Crippen molar-refractivity contribution in [2.75, 3.05) is 6.54 Å². The first-order chi connectivity index (χ1) is 9.61. The molecule has 106 valence electrons. The fourth-order valence-corrected chi connectivity index (χ4v) is 2.41. The lowest BCUT2D eigenvalue weighted by Crippen LogP contribution is -2.14. The Morgan fingerprint density at radius 3 is 2.65 bits per heavy atom. The van der Waals surface area contributed by atoms with Crippen molar-refractivity contribution in [1.82, 2.24) is 5.32 Å². The molecule has 0 spiro atoms. The van der Waals surface area contributed by atoms with Crippen LogP contribution in [-0.4, -0.2) is 6.54 Å². The summed E-state index contributed by atoms with van der Waals surface area (Å²) in [6.45, 7) is 5.77. The first-order valence-corrected chi connectivity index (χ1v) is 7.25. The molecule has 0 saturated heterocycles. The summed E-state index contributed by atoms with van der Waals surface area (Å²) in [7, 11) is 0. The van der Waals surface area contributed by atoms with Crippen molar-refractivity contribution in [2.45, 2.75) is 26.8 Å². The van der Waals surface area contributed by atoms with Crippen molar-refractivity contribution >= 4 is 11.6 Å². The predicted molar refractivity (Wildman–Crippen MR) is 83.6 cm³/mol. The molecule has 0 aliphatic carbocycles. The molecule has 0 atom stereocenters. The van der Waals surface area contributed by atoms with Crippen LogP contribution >= 0.6 is 11.6 Å². The van der Waals surface area contributed by atoms with Crippen LogP contribution in [0.15, 0.2) is 36.4 Å². The lowest BCUT2D eigenvalue weighted by Gasteiger charge is -2.11. The average molecular weight is 292 g/mol. The third kappa shape index (κ3) is 3.59. The summed E-state index contributed by atoms with van der Waals surface area (Å²) >= 11 is 6.23. The van der Waals surface area contributed by atoms with Crippen molar-refractivity contribution in [3.05, 3.63) is 58.4 Å². The molecule has 20 heavy (non-hydrogen) atoms. The Morgan fingerprint density at radius 1 is 1.15 bits per heavy atom. The molecule has 3 heteroatoms. The minimum Gasteiger partial charge on any atom is -0.313 e. The first kappa shape index (κ1) is 15.0. The van der Waals surface area contributed by atoms with Crippen LogP contribution in [0.4, 0.5) is 4.39 Å². The highest BCUT2D eigenvalue weighted by atomic mass is 35.5. The van der Waals surface area contributed by atoms with Gasteiger partial charge in [0.15, 0.2) is 0 Å². The second-order valence-corrected chi connectivity index (χ2v) is 5.35. The molecule has 0 saturated carbocycles. The van der Waals surface area contributed by atoms with Crippen LogP contribution in [0.1, 0.15) is 24.5 Å². The van der Waals surface area contributed by atoms with Gasteiger partial charge in [0.1, 0.15) is 5.82 Å². The molecular weight excluding hydrogens is 273 g/mol. The Balaban J connectivity index is 2.30. The Bertz CT molecular complexity index is 596. The second kappa shape index (κ2) is 6.87. The lowest BCUT2D eigenvalue weighted by molar-refractivity contribution is 0.627. The quantitative estimate of drug-likeness (QED) is 0.768. The first-order valence-electron chi connectivity index (χ1n) is 6.87. The average Bonchev–Trinajstić information content (AvgIpc) is 2.41. The summed E-state index contributed by atoms with van der Waals surface area (Å²) < 4.78 is 13.2. The number of aryl methyl sites for hydroxylation is 1. The van der Waals surface area contributed by atoms with E-state index in [-0.39, 0.29) is 5.82 Å². The Morgan fingerprint density at radius 2 is 1.95 bits per heavy atom. The number of rotatable bonds is 5. The van der Waals surface area contributed by atoms with Gasteiger partial charge in [0, 0.05) is 11.6 Å². The second-order valence-electron chi connectivity index (χ2n) is 4.94. The topological polar surface area (TPSA) is 12.0 Å². The summed E-state index contributed by atoms with van der Waals surface area (Å²) in [5.74, 6) is -0.204. The summed E-state index contributed by atoms with van der Waals surface area (Å²) in [5, 5.41) is 4.11. The van der Waals surface area contributed by atoms with E-state index < -0.39 is 0 Å². The monoisotopic (exact) mass is 291 g/mol. The van der Waals surface area contributed by atoms with Crippen LogP contribution in [0.5, 0.6) is 0 Å². The van der Waals surface area contributed by atoms with Crippen LogP contribution in [0.25, 0.3) is 11.1 Å². The van der Waals surface area contributed by atoms with Crippen molar-refractivity contribution in [3.63, 3.8) is 0 Å². The molecule has 0 aliphatic rings. The van der Waals surface area contributed by atoms with Gasteiger partial charge in [-0.05, 0) is 66.4 Å². The summed E-state index contributed by atoms with van der Waals surface area (Å²) in [5.41, 5.74) is 4.11. The molecule has 0 fully saturated rings. The SMILES string of the molecule is CCCNCc1cc(-c2ccc(F)cc2C)ccc1Cl. The number of hydrogen-bond donors (Lipinski definition) is 1. The smallest absolute Gasteiger partial charge is 0.123 e. The zero-order chi connectivity index (χ0) is 14.5. The van der Waals surface area contributed by atoms with Crippen molar-refractivity contribution < 1.29 is 4.39 Å². The Kier molecular flexibility index (Phi) is 5.16. The number of nitrogens with one attached hydrogen (secondary N) is 1. The summed E-state index contributed by atoms with van der Waals surface area (Å²) in [6, 6.07) is 10.8. The van der Waals surface area contributed by atoms with E-state index >= 15 is 0 Å². The number of halogens is 2. The van der Waals surface area contributed by atoms with E-state index in [2.05, 4.69) is 18.3 Å². The van der Waals surface area contributed by atoms with Gasteiger partial charge in [-0.25, -0.2) is 4.39 Å². The molecule has 0 amide bonds. The maximum atomic E-state index is 13.2. The fourth-order valence-electron chi connectivity index (χ4n) is 2.23. The van der Waals surface area contributed by atoms with Gasteiger partial charge in [-0.15, -0.1) is 0 Å². The van der Waals surface area contributed by atoms with Crippen LogP contribution < -0.4 is 5.32 Å². The van der Waals surface area contributed by atoms with E-state index in [1.54, 1.807) is 6.07 Å². The van der Waals surface area contributed by atoms with Crippen molar-refractivity contribution in [2.24, 2.45) is 0 Å². The van der Waals surface area contributed by atoms with Gasteiger partial charge in [-0.3, -0.25) is 0 Å². The Hall–Kier alpha value is -1.38. The largest absolute Gasteiger partial charge is 0.313 e. The molecule has 0 bridgehead atoms. The van der Waals surface area contributed by atoms with E-state index in [1.807, 2.05) is 25.1 Å². The van der Waals surface area contributed by atoms with Crippen LogP contribution in [0.2, 0.25) is 5.02 Å². The van der Waals surface area contributed by atoms with Gasteiger partial charge >= 0.3 is 0 Å². The van der Waals surface area contributed by atoms with Gasteiger partial charge < -0.3 is 5.32 Å². The van der Waals surface area contributed by atoms with Gasteiger partial charge in [-0.2, -0.15) is 0 Å². The van der Waals surface area contributed by atoms with Gasteiger partial charge in [0.25, 0.3) is 0 Å². The molecular formula is C17H19ClFN. The molecule has 2 aromatic carbocycles. The minimum atomic E-state index is -0.204. The highest BCUT2D eigenvalue weighted by molar-refractivity contribution is 6.31. The van der Waals surface area contributed by atoms with Gasteiger partial charge in [0.2, 0.25) is 0 Å². The highest BCUT2D eigenvalue weighted by Crippen LogP contribution is 2.28. The van der Waals surface area contributed by atoms with E-state index in [0.29, 0.717) is 0 Å². The van der Waals surface area contributed by atoms with Crippen LogP contribution in [0.3, 0.4) is 0 Å². The van der Waals surface area contributed by atoms with Crippen LogP contribution in [0, 0.1) is 12.7 Å². The van der Waals surface area contributed by atoms with E-state index in [4.69, 9.17) is 11.6 Å².